The second-order valence-corrected chi connectivity index (χ2v) is 9.22. The average Bonchev–Trinajstić information content (AvgIpc) is 3.41. The third kappa shape index (κ3) is 3.18. The Bertz CT molecular complexity index is 1150. The highest BCUT2D eigenvalue weighted by molar-refractivity contribution is 5.96. The van der Waals surface area contributed by atoms with Gasteiger partial charge in [0.2, 0.25) is 5.54 Å². The molecular weight excluding hydrogens is 380 g/mol. The van der Waals surface area contributed by atoms with Gasteiger partial charge in [0.15, 0.2) is 0 Å². The number of nitrogens with zero attached hydrogens (tertiary/aromatic N) is 3. The summed E-state index contributed by atoms with van der Waals surface area (Å²) >= 11 is 0. The van der Waals surface area contributed by atoms with Gasteiger partial charge in [0.1, 0.15) is 0 Å². The maximum atomic E-state index is 12.6. The SMILES string of the molecule is [C-]#[N+]C(C)(C)C(NC)C1CCN(c2cc(N)c3c(=O)[nH]c(=O)n(C4CC4)c3c2C)C1. The van der Waals surface area contributed by atoms with Crippen LogP contribution in [0, 0.1) is 19.4 Å². The van der Waals surface area contributed by atoms with E-state index in [1.807, 2.05) is 33.9 Å². The fourth-order valence-corrected chi connectivity index (χ4v) is 5.16. The van der Waals surface area contributed by atoms with Gasteiger partial charge in [-0.25, -0.2) is 11.4 Å². The monoisotopic (exact) mass is 410 g/mol. The van der Waals surface area contributed by atoms with Crippen molar-refractivity contribution in [2.75, 3.05) is 30.8 Å². The molecule has 1 saturated carbocycles. The third-order valence-electron chi connectivity index (χ3n) is 6.77. The summed E-state index contributed by atoms with van der Waals surface area (Å²) in [5.41, 5.74) is 8.01. The molecule has 2 unspecified atom stereocenters. The van der Waals surface area contributed by atoms with Crippen LogP contribution in [-0.2, 0) is 0 Å². The van der Waals surface area contributed by atoms with Crippen molar-refractivity contribution in [1.82, 2.24) is 14.9 Å². The van der Waals surface area contributed by atoms with Gasteiger partial charge in [-0.1, -0.05) is 0 Å². The molecule has 1 aromatic carbocycles. The van der Waals surface area contributed by atoms with E-state index in [0.29, 0.717) is 22.5 Å². The van der Waals surface area contributed by atoms with Crippen molar-refractivity contribution in [3.8, 4) is 0 Å². The van der Waals surface area contributed by atoms with Crippen molar-refractivity contribution in [1.29, 1.82) is 0 Å². The Hall–Kier alpha value is -2.79. The summed E-state index contributed by atoms with van der Waals surface area (Å²) in [4.78, 5) is 33.6. The molecular formula is C22H30N6O2. The summed E-state index contributed by atoms with van der Waals surface area (Å²) in [7, 11) is 1.92. The Balaban J connectivity index is 1.79. The zero-order valence-corrected chi connectivity index (χ0v) is 18.1. The van der Waals surface area contributed by atoms with Crippen LogP contribution >= 0.6 is 0 Å². The number of aromatic nitrogens is 2. The smallest absolute Gasteiger partial charge is 0.329 e. The van der Waals surface area contributed by atoms with E-state index in [-0.39, 0.29) is 17.8 Å². The minimum Gasteiger partial charge on any atom is -0.398 e. The van der Waals surface area contributed by atoms with Gasteiger partial charge >= 0.3 is 5.69 Å². The molecule has 4 rings (SSSR count). The molecule has 1 aliphatic heterocycles. The predicted octanol–water partition coefficient (Wildman–Crippen LogP) is 2.03. The lowest BCUT2D eigenvalue weighted by atomic mass is 9.84. The van der Waals surface area contributed by atoms with Crippen LogP contribution in [0.25, 0.3) is 15.7 Å². The molecule has 160 valence electrons. The van der Waals surface area contributed by atoms with Crippen LogP contribution in [0.15, 0.2) is 15.7 Å². The zero-order chi connectivity index (χ0) is 21.8. The maximum Gasteiger partial charge on any atom is 0.329 e. The first-order chi connectivity index (χ1) is 14.2. The van der Waals surface area contributed by atoms with Crippen molar-refractivity contribution < 1.29 is 0 Å². The maximum absolute atomic E-state index is 12.6. The number of hydrogen-bond acceptors (Lipinski definition) is 5. The summed E-state index contributed by atoms with van der Waals surface area (Å²) in [5, 5.41) is 3.76. The van der Waals surface area contributed by atoms with Crippen molar-refractivity contribution in [2.45, 2.75) is 57.7 Å². The van der Waals surface area contributed by atoms with Crippen LogP contribution in [0.4, 0.5) is 11.4 Å². The number of nitrogens with two attached hydrogens (primary N) is 1. The first-order valence-electron chi connectivity index (χ1n) is 10.6. The van der Waals surface area contributed by atoms with E-state index in [4.69, 9.17) is 12.3 Å². The molecule has 8 nitrogen and oxygen atoms in total. The highest BCUT2D eigenvalue weighted by Crippen LogP contribution is 2.40. The van der Waals surface area contributed by atoms with Gasteiger partial charge in [-0.3, -0.25) is 14.3 Å². The molecule has 1 saturated heterocycles. The number of benzene rings is 1. The van der Waals surface area contributed by atoms with Crippen LogP contribution < -0.4 is 27.2 Å². The van der Waals surface area contributed by atoms with Gasteiger partial charge in [0.05, 0.1) is 16.9 Å². The normalized spacial score (nSPS) is 20.5. The quantitative estimate of drug-likeness (QED) is 0.517. The molecule has 0 bridgehead atoms. The van der Waals surface area contributed by atoms with Gasteiger partial charge in [0, 0.05) is 50.3 Å². The fraction of sp³-hybridized carbons (Fsp3) is 0.591. The molecule has 2 heterocycles. The number of aromatic amines is 1. The van der Waals surface area contributed by atoms with Gasteiger partial charge in [-0.2, -0.15) is 0 Å². The number of hydrogen-bond donors (Lipinski definition) is 3. The molecule has 0 amide bonds. The molecule has 0 spiro atoms. The molecule has 8 heteroatoms. The summed E-state index contributed by atoms with van der Waals surface area (Å²) in [6, 6.07) is 2.07. The Kier molecular flexibility index (Phi) is 4.89. The standard InChI is InChI=1S/C22H30N6O2/c1-12-16(27-9-8-13(11-27)19(24-4)22(2,3)25-5)10-15(23)17-18(12)28(14-6-7-14)21(30)26-20(17)29/h10,13-14,19,24H,6-9,11,23H2,1-4H3,(H,26,29,30). The van der Waals surface area contributed by atoms with Crippen molar-refractivity contribution in [3.05, 3.63) is 43.9 Å². The van der Waals surface area contributed by atoms with E-state index in [9.17, 15) is 9.59 Å². The summed E-state index contributed by atoms with van der Waals surface area (Å²) in [6.07, 6.45) is 2.84. The van der Waals surface area contributed by atoms with Crippen LogP contribution in [0.2, 0.25) is 0 Å². The molecule has 1 aromatic heterocycles. The van der Waals surface area contributed by atoms with Crippen LogP contribution in [0.3, 0.4) is 0 Å². The van der Waals surface area contributed by atoms with Crippen LogP contribution in [-0.4, -0.2) is 41.3 Å². The largest absolute Gasteiger partial charge is 0.398 e. The highest BCUT2D eigenvalue weighted by Gasteiger charge is 2.43. The third-order valence-corrected chi connectivity index (χ3v) is 6.77. The first-order valence-corrected chi connectivity index (χ1v) is 10.6. The second kappa shape index (κ2) is 7.17. The first kappa shape index (κ1) is 20.5. The van der Waals surface area contributed by atoms with E-state index in [1.165, 1.54) is 0 Å². The number of aryl methyl sites for hydroxylation is 1. The van der Waals surface area contributed by atoms with Gasteiger partial charge < -0.3 is 20.8 Å². The average molecular weight is 411 g/mol. The number of anilines is 2. The molecule has 2 atom stereocenters. The summed E-state index contributed by atoms with van der Waals surface area (Å²) < 4.78 is 1.72. The Morgan fingerprint density at radius 2 is 2.03 bits per heavy atom. The van der Waals surface area contributed by atoms with Crippen molar-refractivity contribution >= 4 is 22.3 Å². The number of fused-ring (bicyclic) bond motifs is 1. The number of likely N-dealkylation sites (N-methyl/N-ethyl adjacent to an activating group) is 1. The molecule has 4 N–H and O–H groups in total. The lowest BCUT2D eigenvalue weighted by Gasteiger charge is -2.30. The molecule has 2 fully saturated rings. The van der Waals surface area contributed by atoms with Crippen LogP contribution in [0.1, 0.15) is 44.7 Å². The van der Waals surface area contributed by atoms with E-state index in [0.717, 1.165) is 43.6 Å². The lowest BCUT2D eigenvalue weighted by molar-refractivity contribution is 0.309. The highest BCUT2D eigenvalue weighted by atomic mass is 16.2. The molecule has 30 heavy (non-hydrogen) atoms. The van der Waals surface area contributed by atoms with Crippen LogP contribution in [0.5, 0.6) is 0 Å². The topological polar surface area (TPSA) is 101 Å². The number of nitrogens with one attached hydrogen (secondary N) is 2. The Morgan fingerprint density at radius 3 is 2.63 bits per heavy atom. The number of rotatable bonds is 5. The summed E-state index contributed by atoms with van der Waals surface area (Å²) in [6.45, 7) is 15.1. The lowest BCUT2D eigenvalue weighted by Crippen LogP contribution is -2.49. The molecule has 0 radical (unpaired) electrons. The van der Waals surface area contributed by atoms with E-state index in [1.54, 1.807) is 4.57 Å². The van der Waals surface area contributed by atoms with E-state index in [2.05, 4.69) is 20.0 Å². The molecule has 1 aliphatic carbocycles. The molecule has 2 aliphatic rings. The van der Waals surface area contributed by atoms with Gasteiger partial charge in [0.25, 0.3) is 5.56 Å². The molecule has 2 aromatic rings. The van der Waals surface area contributed by atoms with Crippen molar-refractivity contribution in [2.24, 2.45) is 5.92 Å². The number of nitrogen functional groups attached to an aromatic ring is 1. The summed E-state index contributed by atoms with van der Waals surface area (Å²) in [5.74, 6) is 0.320. The second-order valence-electron chi connectivity index (χ2n) is 9.22. The number of H-pyrrole nitrogens is 1. The predicted molar refractivity (Wildman–Crippen MR) is 120 cm³/mol. The van der Waals surface area contributed by atoms with Gasteiger partial charge in [-0.05, 0) is 44.9 Å². The Labute approximate surface area is 175 Å². The zero-order valence-electron chi connectivity index (χ0n) is 18.1. The van der Waals surface area contributed by atoms with E-state index < -0.39 is 11.1 Å². The van der Waals surface area contributed by atoms with Gasteiger partial charge in [-0.15, -0.1) is 0 Å². The Morgan fingerprint density at radius 1 is 1.33 bits per heavy atom. The fourth-order valence-electron chi connectivity index (χ4n) is 5.16. The van der Waals surface area contributed by atoms with E-state index >= 15 is 0 Å². The minimum absolute atomic E-state index is 0.0746. The van der Waals surface area contributed by atoms with Crippen molar-refractivity contribution in [3.63, 3.8) is 0 Å². The minimum atomic E-state index is -0.493.